The van der Waals surface area contributed by atoms with E-state index in [9.17, 15) is 0 Å². The summed E-state index contributed by atoms with van der Waals surface area (Å²) in [6.45, 7) is 2.22. The van der Waals surface area contributed by atoms with Crippen molar-refractivity contribution in [3.8, 4) is 12.3 Å². The third kappa shape index (κ3) is 7.30. The minimum Gasteiger partial charge on any atom is -0.115 e. The first kappa shape index (κ1) is 9.30. The van der Waals surface area contributed by atoms with Crippen molar-refractivity contribution < 1.29 is 0 Å². The first-order valence-electron chi connectivity index (χ1n) is 4.03. The second-order valence-electron chi connectivity index (χ2n) is 2.42. The molecular weight excluding hydrogens is 120 g/mol. The highest BCUT2D eigenvalue weighted by atomic mass is 13.9. The summed E-state index contributed by atoms with van der Waals surface area (Å²) in [6.07, 6.45) is 15.3. The fourth-order valence-corrected chi connectivity index (χ4v) is 0.840. The molecule has 0 aliphatic heterocycles. The molecule has 0 atom stereocenters. The average molecular weight is 136 g/mol. The van der Waals surface area contributed by atoms with Crippen LogP contribution in [0.15, 0.2) is 12.2 Å². The van der Waals surface area contributed by atoms with Crippen LogP contribution < -0.4 is 0 Å². The topological polar surface area (TPSA) is 0 Å². The third-order valence-electron chi connectivity index (χ3n) is 1.44. The van der Waals surface area contributed by atoms with Gasteiger partial charge in [0, 0.05) is 0 Å². The van der Waals surface area contributed by atoms with Gasteiger partial charge in [0.25, 0.3) is 0 Å². The van der Waals surface area contributed by atoms with E-state index in [1.807, 2.05) is 0 Å². The fraction of sp³-hybridized carbons (Fsp3) is 0.600. The minimum atomic E-state index is 1.14. The highest BCUT2D eigenvalue weighted by Gasteiger charge is 1.82. The Labute approximate surface area is 64.3 Å². The third-order valence-corrected chi connectivity index (χ3v) is 1.44. The Morgan fingerprint density at radius 3 is 2.70 bits per heavy atom. The largest absolute Gasteiger partial charge is 0.115 e. The Kier molecular flexibility index (Phi) is 7.72. The molecule has 0 unspecified atom stereocenters. The van der Waals surface area contributed by atoms with Gasteiger partial charge in [-0.3, -0.25) is 0 Å². The second kappa shape index (κ2) is 8.30. The van der Waals surface area contributed by atoms with E-state index in [0.29, 0.717) is 0 Å². The van der Waals surface area contributed by atoms with Gasteiger partial charge in [-0.05, 0) is 18.9 Å². The van der Waals surface area contributed by atoms with Gasteiger partial charge in [0.05, 0.1) is 0 Å². The predicted octanol–water partition coefficient (Wildman–Crippen LogP) is 3.15. The van der Waals surface area contributed by atoms with Crippen molar-refractivity contribution >= 4 is 0 Å². The Hall–Kier alpha value is -0.700. The molecule has 0 nitrogen and oxygen atoms in total. The van der Waals surface area contributed by atoms with E-state index in [1.54, 1.807) is 6.08 Å². The monoisotopic (exact) mass is 136 g/mol. The van der Waals surface area contributed by atoms with Crippen molar-refractivity contribution in [3.63, 3.8) is 0 Å². The van der Waals surface area contributed by atoms with Crippen LogP contribution in [0.5, 0.6) is 0 Å². The van der Waals surface area contributed by atoms with Gasteiger partial charge in [-0.15, -0.1) is 6.42 Å². The summed E-state index contributed by atoms with van der Waals surface area (Å²) in [7, 11) is 0. The van der Waals surface area contributed by atoms with Crippen molar-refractivity contribution in [1.29, 1.82) is 0 Å². The lowest BCUT2D eigenvalue weighted by molar-refractivity contribution is 0.674. The van der Waals surface area contributed by atoms with Crippen LogP contribution in [0, 0.1) is 12.3 Å². The van der Waals surface area contributed by atoms with E-state index < -0.39 is 0 Å². The zero-order valence-electron chi connectivity index (χ0n) is 6.77. The van der Waals surface area contributed by atoms with Gasteiger partial charge >= 0.3 is 0 Å². The molecule has 0 heterocycles. The van der Waals surface area contributed by atoms with E-state index in [2.05, 4.69) is 18.9 Å². The molecule has 0 fully saturated rings. The molecule has 0 rings (SSSR count). The normalized spacial score (nSPS) is 10.0. The van der Waals surface area contributed by atoms with Crippen molar-refractivity contribution in [2.75, 3.05) is 0 Å². The van der Waals surface area contributed by atoms with Crippen molar-refractivity contribution in [3.05, 3.63) is 12.2 Å². The van der Waals surface area contributed by atoms with E-state index in [4.69, 9.17) is 6.42 Å². The summed E-state index contributed by atoms with van der Waals surface area (Å²) in [6, 6.07) is 0. The SMILES string of the molecule is C#CC=CCCCCCC. The van der Waals surface area contributed by atoms with Gasteiger partial charge in [-0.1, -0.05) is 38.2 Å². The van der Waals surface area contributed by atoms with E-state index in [-0.39, 0.29) is 0 Å². The maximum Gasteiger partial charge on any atom is -0.0162 e. The zero-order valence-corrected chi connectivity index (χ0v) is 6.77. The Morgan fingerprint density at radius 2 is 2.10 bits per heavy atom. The smallest absolute Gasteiger partial charge is 0.0162 e. The molecule has 0 amide bonds. The standard InChI is InChI=1S/C10H16/c1-3-5-7-9-10-8-6-4-2/h1,5,7H,4,6,8-10H2,2H3. The molecule has 0 saturated heterocycles. The van der Waals surface area contributed by atoms with E-state index in [0.717, 1.165) is 6.42 Å². The molecule has 0 bridgehead atoms. The average Bonchev–Trinajstić information content (AvgIpc) is 1.97. The molecule has 0 saturated carbocycles. The van der Waals surface area contributed by atoms with Crippen LogP contribution in [0.25, 0.3) is 0 Å². The molecule has 0 aromatic heterocycles. The molecule has 0 aromatic rings. The van der Waals surface area contributed by atoms with Crippen LogP contribution in [-0.4, -0.2) is 0 Å². The lowest BCUT2D eigenvalue weighted by atomic mass is 10.1. The lowest BCUT2D eigenvalue weighted by Crippen LogP contribution is -1.72. The van der Waals surface area contributed by atoms with Crippen LogP contribution in [0.1, 0.15) is 39.0 Å². The molecule has 0 aliphatic carbocycles. The van der Waals surface area contributed by atoms with Gasteiger partial charge in [0.15, 0.2) is 0 Å². The Balaban J connectivity index is 2.92. The van der Waals surface area contributed by atoms with Crippen LogP contribution in [-0.2, 0) is 0 Å². The van der Waals surface area contributed by atoms with Gasteiger partial charge in [-0.2, -0.15) is 0 Å². The van der Waals surface area contributed by atoms with Crippen molar-refractivity contribution in [1.82, 2.24) is 0 Å². The first-order chi connectivity index (χ1) is 4.91. The van der Waals surface area contributed by atoms with Crippen LogP contribution in [0.4, 0.5) is 0 Å². The second-order valence-corrected chi connectivity index (χ2v) is 2.42. The summed E-state index contributed by atoms with van der Waals surface area (Å²) in [5.41, 5.74) is 0. The first-order valence-corrected chi connectivity index (χ1v) is 4.03. The summed E-state index contributed by atoms with van der Waals surface area (Å²) >= 11 is 0. The predicted molar refractivity (Wildman–Crippen MR) is 46.7 cm³/mol. The van der Waals surface area contributed by atoms with Crippen LogP contribution in [0.3, 0.4) is 0 Å². The number of hydrogen-bond donors (Lipinski definition) is 0. The van der Waals surface area contributed by atoms with Crippen LogP contribution in [0.2, 0.25) is 0 Å². The highest BCUT2D eigenvalue weighted by Crippen LogP contribution is 2.02. The van der Waals surface area contributed by atoms with E-state index >= 15 is 0 Å². The molecular formula is C10H16. The summed E-state index contributed by atoms with van der Waals surface area (Å²) in [4.78, 5) is 0. The number of hydrogen-bond acceptors (Lipinski definition) is 0. The number of allylic oxidation sites excluding steroid dienone is 2. The molecule has 0 radical (unpaired) electrons. The molecule has 0 N–H and O–H groups in total. The molecule has 0 aromatic carbocycles. The maximum atomic E-state index is 5.03. The van der Waals surface area contributed by atoms with Gasteiger partial charge in [-0.25, -0.2) is 0 Å². The molecule has 0 aliphatic rings. The van der Waals surface area contributed by atoms with Gasteiger partial charge in [0.1, 0.15) is 0 Å². The van der Waals surface area contributed by atoms with Gasteiger partial charge in [0.2, 0.25) is 0 Å². The Bertz CT molecular complexity index is 114. The maximum absolute atomic E-state index is 5.03. The van der Waals surface area contributed by atoms with Crippen molar-refractivity contribution in [2.45, 2.75) is 39.0 Å². The highest BCUT2D eigenvalue weighted by molar-refractivity contribution is 5.08. The number of unbranched alkanes of at least 4 members (excludes halogenated alkanes) is 4. The van der Waals surface area contributed by atoms with E-state index in [1.165, 1.54) is 25.7 Å². The number of terminal acetylenes is 1. The fourth-order valence-electron chi connectivity index (χ4n) is 0.840. The zero-order chi connectivity index (χ0) is 7.66. The van der Waals surface area contributed by atoms with Gasteiger partial charge < -0.3 is 0 Å². The molecule has 56 valence electrons. The van der Waals surface area contributed by atoms with Crippen molar-refractivity contribution in [2.24, 2.45) is 0 Å². The number of rotatable bonds is 5. The molecule has 0 heteroatoms. The quantitative estimate of drug-likeness (QED) is 0.402. The Morgan fingerprint density at radius 1 is 1.30 bits per heavy atom. The van der Waals surface area contributed by atoms with Crippen LogP contribution >= 0.6 is 0 Å². The minimum absolute atomic E-state index is 1.14. The summed E-state index contributed by atoms with van der Waals surface area (Å²) in [5, 5.41) is 0. The summed E-state index contributed by atoms with van der Waals surface area (Å²) in [5.74, 6) is 2.48. The molecule has 0 spiro atoms. The molecule has 10 heavy (non-hydrogen) atoms. The lowest BCUT2D eigenvalue weighted by Gasteiger charge is -1.92. The summed E-state index contributed by atoms with van der Waals surface area (Å²) < 4.78 is 0.